The molecule has 0 heterocycles. The van der Waals surface area contributed by atoms with Gasteiger partial charge in [-0.2, -0.15) is 0 Å². The Morgan fingerprint density at radius 3 is 2.59 bits per heavy atom. The molecule has 1 N–H and O–H groups in total. The van der Waals surface area contributed by atoms with Crippen LogP contribution in [0, 0.1) is 24.4 Å². The molecule has 1 unspecified atom stereocenters. The molecule has 1 aromatic carbocycles. The van der Waals surface area contributed by atoms with Crippen LogP contribution in [-0.4, -0.2) is 23.7 Å². The topological polar surface area (TPSA) is 29.5 Å². The van der Waals surface area contributed by atoms with Crippen molar-refractivity contribution in [3.8, 4) is 5.75 Å². The lowest BCUT2D eigenvalue weighted by Crippen LogP contribution is -2.18. The Morgan fingerprint density at radius 2 is 2.00 bits per heavy atom. The number of hydrogen-bond acceptors (Lipinski definition) is 2. The maximum Gasteiger partial charge on any atom is 0.171 e. The molecule has 1 aromatic rings. The second kappa shape index (κ2) is 6.12. The minimum absolute atomic E-state index is 0.226. The van der Waals surface area contributed by atoms with E-state index in [2.05, 4.69) is 0 Å². The van der Waals surface area contributed by atoms with Crippen LogP contribution < -0.4 is 4.74 Å². The maximum atomic E-state index is 13.4. The fraction of sp³-hybridized carbons (Fsp3) is 0.455. The van der Waals surface area contributed by atoms with Crippen molar-refractivity contribution in [1.29, 1.82) is 0 Å². The molecule has 0 aliphatic carbocycles. The van der Waals surface area contributed by atoms with Gasteiger partial charge in [0, 0.05) is 17.5 Å². The molecule has 1 atom stereocenters. The summed E-state index contributed by atoms with van der Waals surface area (Å²) in [6, 6.07) is 0.616. The molecule has 0 amide bonds. The van der Waals surface area contributed by atoms with Crippen molar-refractivity contribution in [3.63, 3.8) is 0 Å². The van der Waals surface area contributed by atoms with Gasteiger partial charge in [0.25, 0.3) is 0 Å². The highest BCUT2D eigenvalue weighted by molar-refractivity contribution is 6.17. The van der Waals surface area contributed by atoms with Crippen molar-refractivity contribution in [3.05, 3.63) is 29.1 Å². The summed E-state index contributed by atoms with van der Waals surface area (Å²) in [5, 5.41) is 9.29. The number of ether oxygens (including phenoxy) is 1. The van der Waals surface area contributed by atoms with Crippen LogP contribution in [0.1, 0.15) is 12.0 Å². The number of halogens is 4. The average Bonchev–Trinajstić information content (AvgIpc) is 2.30. The van der Waals surface area contributed by atoms with Gasteiger partial charge in [-0.15, -0.1) is 11.6 Å². The molecular formula is C11H12ClF3O2. The largest absolute Gasteiger partial charge is 0.488 e. The van der Waals surface area contributed by atoms with E-state index in [9.17, 15) is 18.3 Å². The third kappa shape index (κ3) is 3.51. The van der Waals surface area contributed by atoms with Gasteiger partial charge in [0.1, 0.15) is 6.61 Å². The van der Waals surface area contributed by atoms with Gasteiger partial charge in [0.15, 0.2) is 23.2 Å². The van der Waals surface area contributed by atoms with Crippen LogP contribution in [0.2, 0.25) is 0 Å². The molecular weight excluding hydrogens is 257 g/mol. The van der Waals surface area contributed by atoms with E-state index in [1.807, 2.05) is 0 Å². The summed E-state index contributed by atoms with van der Waals surface area (Å²) in [5.74, 6) is -3.59. The fourth-order valence-electron chi connectivity index (χ4n) is 1.20. The first-order valence-electron chi connectivity index (χ1n) is 4.98. The highest BCUT2D eigenvalue weighted by Gasteiger charge is 2.17. The predicted molar refractivity (Wildman–Crippen MR) is 57.9 cm³/mol. The normalized spacial score (nSPS) is 12.6. The summed E-state index contributed by atoms with van der Waals surface area (Å²) < 4.78 is 44.3. The number of rotatable bonds is 5. The zero-order valence-corrected chi connectivity index (χ0v) is 9.90. The standard InChI is InChI=1S/C11H12ClF3O2/c1-6-10(14)8(13)4-9(11(6)15)17-5-7(16)2-3-12/h4,7,16H,2-3,5H2,1H3. The molecule has 1 rings (SSSR count). The van der Waals surface area contributed by atoms with E-state index < -0.39 is 34.9 Å². The third-order valence-corrected chi connectivity index (χ3v) is 2.43. The maximum absolute atomic E-state index is 13.4. The Bertz CT molecular complexity index is 399. The van der Waals surface area contributed by atoms with E-state index in [0.717, 1.165) is 6.92 Å². The van der Waals surface area contributed by atoms with Crippen LogP contribution in [-0.2, 0) is 0 Å². The minimum Gasteiger partial charge on any atom is -0.488 e. The molecule has 0 radical (unpaired) electrons. The van der Waals surface area contributed by atoms with Crippen LogP contribution in [0.5, 0.6) is 5.75 Å². The average molecular weight is 269 g/mol. The summed E-state index contributed by atoms with van der Waals surface area (Å²) in [6.07, 6.45) is -0.605. The van der Waals surface area contributed by atoms with Gasteiger partial charge >= 0.3 is 0 Å². The Morgan fingerprint density at radius 1 is 1.35 bits per heavy atom. The first-order valence-corrected chi connectivity index (χ1v) is 5.51. The highest BCUT2D eigenvalue weighted by atomic mass is 35.5. The van der Waals surface area contributed by atoms with Gasteiger partial charge in [-0.3, -0.25) is 0 Å². The number of benzene rings is 1. The Balaban J connectivity index is 2.78. The quantitative estimate of drug-likeness (QED) is 0.657. The Kier molecular flexibility index (Phi) is 5.08. The monoisotopic (exact) mass is 268 g/mol. The van der Waals surface area contributed by atoms with Crippen molar-refractivity contribution >= 4 is 11.6 Å². The lowest BCUT2D eigenvalue weighted by Gasteiger charge is -2.13. The first-order chi connectivity index (χ1) is 7.97. The van der Waals surface area contributed by atoms with E-state index >= 15 is 0 Å². The van der Waals surface area contributed by atoms with Crippen molar-refractivity contribution in [2.75, 3.05) is 12.5 Å². The molecule has 0 spiro atoms. The molecule has 0 bridgehead atoms. The predicted octanol–water partition coefficient (Wildman–Crippen LogP) is 2.78. The van der Waals surface area contributed by atoms with Crippen molar-refractivity contribution in [2.24, 2.45) is 0 Å². The SMILES string of the molecule is Cc1c(F)c(F)cc(OCC(O)CCCl)c1F. The lowest BCUT2D eigenvalue weighted by molar-refractivity contribution is 0.102. The number of hydrogen-bond donors (Lipinski definition) is 1. The number of alkyl halides is 1. The van der Waals surface area contributed by atoms with E-state index in [-0.39, 0.29) is 18.9 Å². The molecule has 96 valence electrons. The van der Waals surface area contributed by atoms with E-state index in [1.165, 1.54) is 0 Å². The number of aliphatic hydroxyl groups is 1. The minimum atomic E-state index is -1.24. The van der Waals surface area contributed by atoms with Crippen molar-refractivity contribution in [2.45, 2.75) is 19.4 Å². The van der Waals surface area contributed by atoms with E-state index in [0.29, 0.717) is 6.07 Å². The van der Waals surface area contributed by atoms with Gasteiger partial charge in [0.05, 0.1) is 6.10 Å². The van der Waals surface area contributed by atoms with E-state index in [4.69, 9.17) is 16.3 Å². The lowest BCUT2D eigenvalue weighted by atomic mass is 10.2. The molecule has 0 aliphatic rings. The van der Waals surface area contributed by atoms with Crippen molar-refractivity contribution < 1.29 is 23.0 Å². The van der Waals surface area contributed by atoms with Gasteiger partial charge in [0.2, 0.25) is 0 Å². The number of aliphatic hydroxyl groups excluding tert-OH is 1. The van der Waals surface area contributed by atoms with Gasteiger partial charge < -0.3 is 9.84 Å². The fourth-order valence-corrected chi connectivity index (χ4v) is 1.45. The Labute approximate surface area is 102 Å². The second-order valence-electron chi connectivity index (χ2n) is 3.55. The van der Waals surface area contributed by atoms with Crippen LogP contribution in [0.15, 0.2) is 6.07 Å². The summed E-state index contributed by atoms with van der Waals surface area (Å²) in [6.45, 7) is 0.879. The smallest absolute Gasteiger partial charge is 0.171 e. The molecule has 17 heavy (non-hydrogen) atoms. The summed E-state index contributed by atoms with van der Waals surface area (Å²) in [4.78, 5) is 0. The molecule has 0 saturated heterocycles. The van der Waals surface area contributed by atoms with Crippen LogP contribution in [0.4, 0.5) is 13.2 Å². The Hall–Kier alpha value is -0.940. The molecule has 2 nitrogen and oxygen atoms in total. The van der Waals surface area contributed by atoms with Gasteiger partial charge in [-0.25, -0.2) is 13.2 Å². The molecule has 0 saturated carbocycles. The van der Waals surface area contributed by atoms with Crippen LogP contribution in [0.3, 0.4) is 0 Å². The summed E-state index contributed by atoms with van der Waals surface area (Å²) in [7, 11) is 0. The van der Waals surface area contributed by atoms with Crippen LogP contribution in [0.25, 0.3) is 0 Å². The molecule has 0 aliphatic heterocycles. The third-order valence-electron chi connectivity index (χ3n) is 2.22. The summed E-state index contributed by atoms with van der Waals surface area (Å²) >= 11 is 5.38. The zero-order valence-electron chi connectivity index (χ0n) is 9.14. The van der Waals surface area contributed by atoms with Gasteiger partial charge in [-0.1, -0.05) is 0 Å². The van der Waals surface area contributed by atoms with Gasteiger partial charge in [-0.05, 0) is 13.3 Å². The molecule has 0 aromatic heterocycles. The second-order valence-corrected chi connectivity index (χ2v) is 3.93. The first kappa shape index (κ1) is 14.1. The highest BCUT2D eigenvalue weighted by Crippen LogP contribution is 2.25. The molecule has 0 fully saturated rings. The summed E-state index contributed by atoms with van der Waals surface area (Å²) in [5.41, 5.74) is -0.452. The zero-order chi connectivity index (χ0) is 13.0. The molecule has 6 heteroatoms. The van der Waals surface area contributed by atoms with Crippen molar-refractivity contribution in [1.82, 2.24) is 0 Å². The van der Waals surface area contributed by atoms with Crippen LogP contribution >= 0.6 is 11.6 Å². The van der Waals surface area contributed by atoms with E-state index in [1.54, 1.807) is 0 Å².